The summed E-state index contributed by atoms with van der Waals surface area (Å²) in [5.41, 5.74) is 11.0. The van der Waals surface area contributed by atoms with Gasteiger partial charge < -0.3 is 21.1 Å². The van der Waals surface area contributed by atoms with Crippen molar-refractivity contribution < 1.29 is 29.7 Å². The third kappa shape index (κ3) is 5.94. The number of likely N-dealkylation sites (tertiary alicyclic amines) is 1. The van der Waals surface area contributed by atoms with Crippen molar-refractivity contribution in [2.24, 2.45) is 5.92 Å². The Balaban J connectivity index is 0.000000454. The van der Waals surface area contributed by atoms with E-state index in [2.05, 4.69) is 16.0 Å². The number of pyridine rings is 1. The molecule has 2 heterocycles. The summed E-state index contributed by atoms with van der Waals surface area (Å²) in [6, 6.07) is 9.81. The number of carboxylic acids is 2. The molecule has 2 unspecified atom stereocenters. The minimum Gasteiger partial charge on any atom is -0.473 e. The van der Waals surface area contributed by atoms with Crippen molar-refractivity contribution in [1.82, 2.24) is 9.88 Å². The predicted molar refractivity (Wildman–Crippen MR) is 121 cm³/mol. The summed E-state index contributed by atoms with van der Waals surface area (Å²) in [7, 11) is 0. The standard InChI is InChI=1S/C22H27N3O2.C2H2O4/c1-14-5-6-17(13-24-14)22(27)15-7-9-25(10-8-15)20-12-18-16(11-21(20)26)3-2-4-19(18)23;3-1(4)2(5)6/h2-6,13,15,20-21,26H,7-12,23H2,1H3;(H,3,4)(H,5,6). The van der Waals surface area contributed by atoms with Crippen LogP contribution in [-0.4, -0.2) is 68.2 Å². The van der Waals surface area contributed by atoms with Crippen LogP contribution in [0.4, 0.5) is 5.69 Å². The van der Waals surface area contributed by atoms with Crippen molar-refractivity contribution in [2.75, 3.05) is 18.8 Å². The average Bonchev–Trinajstić information content (AvgIpc) is 2.79. The molecule has 5 N–H and O–H groups in total. The predicted octanol–water partition coefficient (Wildman–Crippen LogP) is 1.55. The van der Waals surface area contributed by atoms with Gasteiger partial charge in [0.1, 0.15) is 0 Å². The van der Waals surface area contributed by atoms with E-state index in [1.807, 2.05) is 31.2 Å². The van der Waals surface area contributed by atoms with Crippen LogP contribution in [0.1, 0.15) is 40.0 Å². The summed E-state index contributed by atoms with van der Waals surface area (Å²) in [5.74, 6) is -3.41. The van der Waals surface area contributed by atoms with Crippen molar-refractivity contribution in [3.8, 4) is 0 Å². The SMILES string of the molecule is Cc1ccc(C(=O)C2CCN(C3Cc4c(N)cccc4CC3O)CC2)cn1.O=C(O)C(=O)O. The minimum absolute atomic E-state index is 0.0452. The van der Waals surface area contributed by atoms with Crippen LogP contribution in [0.3, 0.4) is 0 Å². The lowest BCUT2D eigenvalue weighted by Crippen LogP contribution is -2.51. The summed E-state index contributed by atoms with van der Waals surface area (Å²) >= 11 is 0. The minimum atomic E-state index is -1.82. The molecule has 1 aliphatic carbocycles. The summed E-state index contributed by atoms with van der Waals surface area (Å²) < 4.78 is 0. The van der Waals surface area contributed by atoms with E-state index in [-0.39, 0.29) is 23.8 Å². The quantitative estimate of drug-likeness (QED) is 0.306. The molecule has 0 saturated carbocycles. The monoisotopic (exact) mass is 455 g/mol. The molecule has 1 aliphatic heterocycles. The number of piperidine rings is 1. The first-order chi connectivity index (χ1) is 15.7. The number of carbonyl (C=O) groups excluding carboxylic acids is 1. The maximum Gasteiger partial charge on any atom is 0.414 e. The molecule has 0 amide bonds. The Morgan fingerprint density at radius 3 is 2.27 bits per heavy atom. The van der Waals surface area contributed by atoms with Crippen LogP contribution < -0.4 is 5.73 Å². The Hall–Kier alpha value is -3.30. The molecule has 1 saturated heterocycles. The summed E-state index contributed by atoms with van der Waals surface area (Å²) in [6.07, 6.45) is 4.39. The van der Waals surface area contributed by atoms with Crippen LogP contribution in [0.2, 0.25) is 0 Å². The lowest BCUT2D eigenvalue weighted by atomic mass is 9.82. The summed E-state index contributed by atoms with van der Waals surface area (Å²) in [5, 5.41) is 25.5. The van der Waals surface area contributed by atoms with E-state index >= 15 is 0 Å². The molecule has 9 nitrogen and oxygen atoms in total. The first-order valence-corrected chi connectivity index (χ1v) is 10.9. The van der Waals surface area contributed by atoms with Crippen LogP contribution in [0, 0.1) is 12.8 Å². The number of aliphatic carboxylic acids is 2. The van der Waals surface area contributed by atoms with Crippen molar-refractivity contribution in [2.45, 2.75) is 44.8 Å². The van der Waals surface area contributed by atoms with Gasteiger partial charge in [-0.25, -0.2) is 9.59 Å². The van der Waals surface area contributed by atoms with E-state index in [1.54, 1.807) is 6.20 Å². The van der Waals surface area contributed by atoms with Gasteiger partial charge in [0.2, 0.25) is 0 Å². The molecular formula is C24H29N3O6. The molecule has 0 bridgehead atoms. The Bertz CT molecular complexity index is 1000. The van der Waals surface area contributed by atoms with Crippen LogP contribution in [0.5, 0.6) is 0 Å². The summed E-state index contributed by atoms with van der Waals surface area (Å²) in [4.78, 5) is 37.5. The van der Waals surface area contributed by atoms with Crippen LogP contribution >= 0.6 is 0 Å². The molecule has 2 aliphatic rings. The number of ketones is 1. The molecule has 9 heteroatoms. The smallest absolute Gasteiger partial charge is 0.414 e. The second-order valence-electron chi connectivity index (χ2n) is 8.50. The molecule has 1 aromatic heterocycles. The highest BCUT2D eigenvalue weighted by Crippen LogP contribution is 2.31. The molecule has 1 fully saturated rings. The van der Waals surface area contributed by atoms with Gasteiger partial charge in [0.05, 0.1) is 6.10 Å². The average molecular weight is 456 g/mol. The van der Waals surface area contributed by atoms with Gasteiger partial charge in [0, 0.05) is 41.5 Å². The molecule has 1 aromatic carbocycles. The van der Waals surface area contributed by atoms with Gasteiger partial charge in [-0.3, -0.25) is 14.7 Å². The van der Waals surface area contributed by atoms with Gasteiger partial charge in [-0.05, 0) is 68.6 Å². The zero-order chi connectivity index (χ0) is 24.1. The zero-order valence-corrected chi connectivity index (χ0v) is 18.5. The van der Waals surface area contributed by atoms with Crippen molar-refractivity contribution >= 4 is 23.4 Å². The number of aromatic nitrogens is 1. The van der Waals surface area contributed by atoms with Crippen molar-refractivity contribution in [3.05, 3.63) is 58.9 Å². The maximum absolute atomic E-state index is 12.7. The zero-order valence-electron chi connectivity index (χ0n) is 18.5. The number of carboxylic acid groups (broad SMARTS) is 2. The van der Waals surface area contributed by atoms with E-state index in [9.17, 15) is 9.90 Å². The number of aliphatic hydroxyl groups is 1. The summed E-state index contributed by atoms with van der Waals surface area (Å²) in [6.45, 7) is 3.59. The highest BCUT2D eigenvalue weighted by atomic mass is 16.4. The fourth-order valence-electron chi connectivity index (χ4n) is 4.52. The molecule has 0 spiro atoms. The van der Waals surface area contributed by atoms with Gasteiger partial charge in [-0.15, -0.1) is 0 Å². The Labute approximate surface area is 191 Å². The number of fused-ring (bicyclic) bond motifs is 1. The number of hydrogen-bond donors (Lipinski definition) is 4. The highest BCUT2D eigenvalue weighted by molar-refractivity contribution is 6.27. The Morgan fingerprint density at radius 1 is 1.03 bits per heavy atom. The highest BCUT2D eigenvalue weighted by Gasteiger charge is 2.35. The van der Waals surface area contributed by atoms with E-state index in [4.69, 9.17) is 25.5 Å². The van der Waals surface area contributed by atoms with Crippen molar-refractivity contribution in [1.29, 1.82) is 0 Å². The lowest BCUT2D eigenvalue weighted by Gasteiger charge is -2.42. The number of nitrogens with zero attached hydrogens (tertiary/aromatic N) is 2. The first kappa shape index (κ1) is 24.3. The van der Waals surface area contributed by atoms with Gasteiger partial charge in [-0.1, -0.05) is 12.1 Å². The number of anilines is 1. The number of aryl methyl sites for hydroxylation is 1. The van der Waals surface area contributed by atoms with Gasteiger partial charge in [0.15, 0.2) is 5.78 Å². The molecular weight excluding hydrogens is 426 g/mol. The molecule has 0 radical (unpaired) electrons. The van der Waals surface area contributed by atoms with Gasteiger partial charge in [-0.2, -0.15) is 0 Å². The first-order valence-electron chi connectivity index (χ1n) is 10.9. The van der Waals surface area contributed by atoms with E-state index in [1.165, 1.54) is 5.56 Å². The van der Waals surface area contributed by atoms with Crippen LogP contribution in [0.15, 0.2) is 36.5 Å². The number of carbonyl (C=O) groups is 3. The fourth-order valence-corrected chi connectivity index (χ4v) is 4.52. The Morgan fingerprint density at radius 2 is 1.70 bits per heavy atom. The number of benzene rings is 1. The normalized spacial score (nSPS) is 20.8. The number of aliphatic hydroxyl groups excluding tert-OH is 1. The second kappa shape index (κ2) is 10.5. The topological polar surface area (TPSA) is 154 Å². The van der Waals surface area contributed by atoms with Gasteiger partial charge >= 0.3 is 11.9 Å². The van der Waals surface area contributed by atoms with E-state index in [0.717, 1.165) is 49.3 Å². The van der Waals surface area contributed by atoms with Crippen LogP contribution in [0.25, 0.3) is 0 Å². The molecule has 33 heavy (non-hydrogen) atoms. The number of nitrogen functional groups attached to an aromatic ring is 1. The molecule has 176 valence electrons. The number of hydrogen-bond acceptors (Lipinski definition) is 7. The maximum atomic E-state index is 12.7. The molecule has 2 aromatic rings. The third-order valence-corrected chi connectivity index (χ3v) is 6.34. The second-order valence-corrected chi connectivity index (χ2v) is 8.50. The van der Waals surface area contributed by atoms with Crippen molar-refractivity contribution in [3.63, 3.8) is 0 Å². The molecule has 4 rings (SSSR count). The fraction of sp³-hybridized carbons (Fsp3) is 0.417. The molecule has 2 atom stereocenters. The number of Topliss-reactive ketones (excluding diaryl/α,β-unsaturated/α-hetero) is 1. The largest absolute Gasteiger partial charge is 0.473 e. The lowest BCUT2D eigenvalue weighted by molar-refractivity contribution is -0.159. The third-order valence-electron chi connectivity index (χ3n) is 6.34. The van der Waals surface area contributed by atoms with E-state index < -0.39 is 11.9 Å². The number of rotatable bonds is 3. The number of nitrogens with two attached hydrogens (primary N) is 1. The van der Waals surface area contributed by atoms with E-state index in [0.29, 0.717) is 12.0 Å². The van der Waals surface area contributed by atoms with Crippen LogP contribution in [-0.2, 0) is 22.4 Å². The Kier molecular flexibility index (Phi) is 7.78. The van der Waals surface area contributed by atoms with Gasteiger partial charge in [0.25, 0.3) is 0 Å².